The van der Waals surface area contributed by atoms with E-state index in [1.54, 1.807) is 38.3 Å². The third-order valence-corrected chi connectivity index (χ3v) is 3.40. The molecule has 0 atom stereocenters. The molecule has 0 aliphatic carbocycles. The summed E-state index contributed by atoms with van der Waals surface area (Å²) in [5.74, 6) is -0.0103. The highest BCUT2D eigenvalue weighted by molar-refractivity contribution is 6.36. The van der Waals surface area contributed by atoms with Gasteiger partial charge < -0.3 is 15.4 Å². The zero-order valence-electron chi connectivity index (χ0n) is 12.7. The first-order chi connectivity index (χ1) is 11.0. The molecule has 0 aliphatic heterocycles. The first-order valence-corrected chi connectivity index (χ1v) is 7.60. The highest BCUT2D eigenvalue weighted by Gasteiger charge is 2.12. The van der Waals surface area contributed by atoms with Gasteiger partial charge in [0.05, 0.1) is 17.3 Å². The van der Waals surface area contributed by atoms with Crippen LogP contribution in [0.5, 0.6) is 0 Å². The van der Waals surface area contributed by atoms with Crippen molar-refractivity contribution in [3.05, 3.63) is 45.7 Å². The Hall–Kier alpha value is -1.89. The van der Waals surface area contributed by atoms with E-state index in [1.165, 1.54) is 0 Å². The number of anilines is 2. The Balaban J connectivity index is 2.15. The van der Waals surface area contributed by atoms with Gasteiger partial charge in [-0.3, -0.25) is 4.79 Å². The molecule has 0 unspecified atom stereocenters. The molecule has 23 heavy (non-hydrogen) atoms. The molecule has 1 aromatic heterocycles. The number of aryl methyl sites for hydroxylation is 1. The Morgan fingerprint density at radius 3 is 2.74 bits per heavy atom. The number of carbonyl (C=O) groups excluding carboxylic acids is 1. The quantitative estimate of drug-likeness (QED) is 0.777. The van der Waals surface area contributed by atoms with Crippen molar-refractivity contribution in [1.82, 2.24) is 9.97 Å². The van der Waals surface area contributed by atoms with E-state index in [-0.39, 0.29) is 11.6 Å². The largest absolute Gasteiger partial charge is 0.383 e. The van der Waals surface area contributed by atoms with Crippen LogP contribution in [0.3, 0.4) is 0 Å². The van der Waals surface area contributed by atoms with E-state index in [1.807, 2.05) is 0 Å². The van der Waals surface area contributed by atoms with Gasteiger partial charge in [-0.15, -0.1) is 0 Å². The molecule has 2 rings (SSSR count). The molecule has 0 aliphatic rings. The second-order valence-corrected chi connectivity index (χ2v) is 5.56. The molecule has 122 valence electrons. The summed E-state index contributed by atoms with van der Waals surface area (Å²) >= 11 is 11.9. The third-order valence-electron chi connectivity index (χ3n) is 2.86. The molecule has 0 radical (unpaired) electrons. The number of benzene rings is 1. The number of nitrogens with zero attached hydrogens (tertiary/aromatic N) is 2. The van der Waals surface area contributed by atoms with Crippen LogP contribution in [0.15, 0.2) is 24.3 Å². The van der Waals surface area contributed by atoms with Crippen molar-refractivity contribution in [2.45, 2.75) is 6.92 Å². The summed E-state index contributed by atoms with van der Waals surface area (Å²) in [4.78, 5) is 20.8. The van der Waals surface area contributed by atoms with Crippen LogP contribution in [0.4, 0.5) is 11.6 Å². The van der Waals surface area contributed by atoms with E-state index in [9.17, 15) is 4.79 Å². The van der Waals surface area contributed by atoms with Crippen LogP contribution >= 0.6 is 23.2 Å². The summed E-state index contributed by atoms with van der Waals surface area (Å²) < 4.78 is 4.95. The number of rotatable bonds is 6. The maximum atomic E-state index is 12.3. The van der Waals surface area contributed by atoms with Crippen LogP contribution in [0.2, 0.25) is 10.0 Å². The summed E-state index contributed by atoms with van der Waals surface area (Å²) in [6.07, 6.45) is 0. The van der Waals surface area contributed by atoms with Gasteiger partial charge >= 0.3 is 0 Å². The number of methoxy groups -OCH3 is 1. The molecule has 0 saturated heterocycles. The van der Waals surface area contributed by atoms with Crippen LogP contribution in [-0.2, 0) is 4.74 Å². The fourth-order valence-corrected chi connectivity index (χ4v) is 2.26. The number of carbonyl (C=O) groups is 1. The SMILES string of the molecule is COCCNc1nc(C)cc(C(=O)Nc2ccc(Cl)cc2Cl)n1. The van der Waals surface area contributed by atoms with Gasteiger partial charge in [-0.05, 0) is 31.2 Å². The number of aromatic nitrogens is 2. The molecular weight excluding hydrogens is 339 g/mol. The first kappa shape index (κ1) is 17.5. The molecule has 0 spiro atoms. The number of ether oxygens (including phenoxy) is 1. The molecule has 0 bridgehead atoms. The minimum absolute atomic E-state index is 0.239. The number of nitrogens with one attached hydrogen (secondary N) is 2. The Morgan fingerprint density at radius 1 is 1.26 bits per heavy atom. The zero-order chi connectivity index (χ0) is 16.8. The van der Waals surface area contributed by atoms with Crippen LogP contribution in [0.1, 0.15) is 16.2 Å². The Bertz CT molecular complexity index is 710. The smallest absolute Gasteiger partial charge is 0.274 e. The molecule has 2 aromatic rings. The van der Waals surface area contributed by atoms with Gasteiger partial charge in [0.15, 0.2) is 0 Å². The highest BCUT2D eigenvalue weighted by atomic mass is 35.5. The second-order valence-electron chi connectivity index (χ2n) is 4.72. The van der Waals surface area contributed by atoms with Gasteiger partial charge in [0.1, 0.15) is 5.69 Å². The minimum Gasteiger partial charge on any atom is -0.383 e. The van der Waals surface area contributed by atoms with Gasteiger partial charge in [-0.25, -0.2) is 9.97 Å². The summed E-state index contributed by atoms with van der Waals surface area (Å²) in [5, 5.41) is 6.55. The van der Waals surface area contributed by atoms with Gasteiger partial charge in [-0.1, -0.05) is 23.2 Å². The van der Waals surface area contributed by atoms with Crippen molar-refractivity contribution in [2.75, 3.05) is 30.9 Å². The molecule has 6 nitrogen and oxygen atoms in total. The molecule has 1 heterocycles. The van der Waals surface area contributed by atoms with Crippen molar-refractivity contribution >= 4 is 40.7 Å². The predicted octanol–water partition coefficient (Wildman–Crippen LogP) is 3.40. The average molecular weight is 355 g/mol. The highest BCUT2D eigenvalue weighted by Crippen LogP contribution is 2.25. The van der Waals surface area contributed by atoms with Crippen molar-refractivity contribution < 1.29 is 9.53 Å². The molecular formula is C15H16Cl2N4O2. The number of halogens is 2. The first-order valence-electron chi connectivity index (χ1n) is 6.84. The zero-order valence-corrected chi connectivity index (χ0v) is 14.2. The van der Waals surface area contributed by atoms with E-state index in [4.69, 9.17) is 27.9 Å². The van der Waals surface area contributed by atoms with Crippen molar-refractivity contribution in [2.24, 2.45) is 0 Å². The number of amides is 1. The fourth-order valence-electron chi connectivity index (χ4n) is 1.81. The number of hydrogen-bond donors (Lipinski definition) is 2. The van der Waals surface area contributed by atoms with E-state index < -0.39 is 0 Å². The molecule has 1 aromatic carbocycles. The maximum absolute atomic E-state index is 12.3. The Morgan fingerprint density at radius 2 is 2.04 bits per heavy atom. The third kappa shape index (κ3) is 5.06. The monoisotopic (exact) mass is 354 g/mol. The summed E-state index contributed by atoms with van der Waals surface area (Å²) in [7, 11) is 1.60. The average Bonchev–Trinajstić information content (AvgIpc) is 2.50. The van der Waals surface area contributed by atoms with Gasteiger partial charge in [0, 0.05) is 24.4 Å². The lowest BCUT2D eigenvalue weighted by atomic mass is 10.3. The minimum atomic E-state index is -0.380. The standard InChI is InChI=1S/C15H16Cl2N4O2/c1-9-7-13(21-15(19-9)18-5-6-23-2)14(22)20-12-4-3-10(16)8-11(12)17/h3-4,7-8H,5-6H2,1-2H3,(H,20,22)(H,18,19,21). The fraction of sp³-hybridized carbons (Fsp3) is 0.267. The maximum Gasteiger partial charge on any atom is 0.274 e. The molecule has 0 saturated carbocycles. The molecule has 8 heteroatoms. The summed E-state index contributed by atoms with van der Waals surface area (Å²) in [6.45, 7) is 2.85. The van der Waals surface area contributed by atoms with Gasteiger partial charge in [0.25, 0.3) is 5.91 Å². The van der Waals surface area contributed by atoms with E-state index >= 15 is 0 Å². The molecule has 0 fully saturated rings. The Kier molecular flexibility index (Phi) is 6.15. The lowest BCUT2D eigenvalue weighted by Crippen LogP contribution is -2.17. The molecule has 1 amide bonds. The Labute approximate surface area is 144 Å². The normalized spacial score (nSPS) is 10.4. The second kappa shape index (κ2) is 8.10. The van der Waals surface area contributed by atoms with Crippen molar-refractivity contribution in [3.63, 3.8) is 0 Å². The molecule has 2 N–H and O–H groups in total. The van der Waals surface area contributed by atoms with E-state index in [2.05, 4.69) is 20.6 Å². The number of hydrogen-bond acceptors (Lipinski definition) is 5. The van der Waals surface area contributed by atoms with E-state index in [0.717, 1.165) is 0 Å². The lowest BCUT2D eigenvalue weighted by molar-refractivity contribution is 0.102. The van der Waals surface area contributed by atoms with Crippen molar-refractivity contribution in [1.29, 1.82) is 0 Å². The van der Waals surface area contributed by atoms with Crippen molar-refractivity contribution in [3.8, 4) is 0 Å². The summed E-state index contributed by atoms with van der Waals surface area (Å²) in [5.41, 5.74) is 1.38. The van der Waals surface area contributed by atoms with Crippen LogP contribution in [0.25, 0.3) is 0 Å². The predicted molar refractivity (Wildman–Crippen MR) is 91.5 cm³/mol. The van der Waals surface area contributed by atoms with E-state index in [0.29, 0.717) is 40.5 Å². The summed E-state index contributed by atoms with van der Waals surface area (Å²) in [6, 6.07) is 6.43. The van der Waals surface area contributed by atoms with Gasteiger partial charge in [0.2, 0.25) is 5.95 Å². The van der Waals surface area contributed by atoms with Crippen LogP contribution in [-0.4, -0.2) is 36.1 Å². The van der Waals surface area contributed by atoms with Crippen LogP contribution < -0.4 is 10.6 Å². The van der Waals surface area contributed by atoms with Crippen LogP contribution in [0, 0.1) is 6.92 Å². The van der Waals surface area contributed by atoms with Gasteiger partial charge in [-0.2, -0.15) is 0 Å². The topological polar surface area (TPSA) is 76.1 Å². The lowest BCUT2D eigenvalue weighted by Gasteiger charge is -2.09.